The van der Waals surface area contributed by atoms with Crippen molar-refractivity contribution < 1.29 is 23.7 Å². The van der Waals surface area contributed by atoms with E-state index in [9.17, 15) is 4.79 Å². The molecule has 7 nitrogen and oxygen atoms in total. The maximum absolute atomic E-state index is 12.6. The molecule has 160 valence electrons. The van der Waals surface area contributed by atoms with Crippen LogP contribution < -0.4 is 14.8 Å². The van der Waals surface area contributed by atoms with Crippen molar-refractivity contribution in [2.75, 3.05) is 46.6 Å². The van der Waals surface area contributed by atoms with Crippen molar-refractivity contribution in [3.63, 3.8) is 0 Å². The Kier molecular flexibility index (Phi) is 6.84. The predicted octanol–water partition coefficient (Wildman–Crippen LogP) is 2.16. The molecule has 0 saturated carbocycles. The molecule has 2 unspecified atom stereocenters. The molecule has 2 aliphatic rings. The topological polar surface area (TPSA) is 69.3 Å². The summed E-state index contributed by atoms with van der Waals surface area (Å²) in [7, 11) is 1.66. The Bertz CT molecular complexity index is 853. The van der Waals surface area contributed by atoms with Gasteiger partial charge in [-0.1, -0.05) is 36.4 Å². The fourth-order valence-corrected chi connectivity index (χ4v) is 3.84. The van der Waals surface area contributed by atoms with Gasteiger partial charge in [-0.3, -0.25) is 9.69 Å². The van der Waals surface area contributed by atoms with Crippen molar-refractivity contribution in [3.05, 3.63) is 59.7 Å². The maximum Gasteiger partial charge on any atom is 0.234 e. The Balaban J connectivity index is 1.47. The Morgan fingerprint density at radius 1 is 1.17 bits per heavy atom. The van der Waals surface area contributed by atoms with Gasteiger partial charge in [-0.15, -0.1) is 0 Å². The van der Waals surface area contributed by atoms with Gasteiger partial charge in [0.05, 0.1) is 39.6 Å². The van der Waals surface area contributed by atoms with Crippen molar-refractivity contribution in [1.82, 2.24) is 10.2 Å². The van der Waals surface area contributed by atoms with Gasteiger partial charge in [0.1, 0.15) is 17.6 Å². The summed E-state index contributed by atoms with van der Waals surface area (Å²) >= 11 is 0. The summed E-state index contributed by atoms with van der Waals surface area (Å²) in [6.45, 7) is 3.64. The molecule has 0 aromatic heterocycles. The van der Waals surface area contributed by atoms with Crippen LogP contribution in [0.3, 0.4) is 0 Å². The van der Waals surface area contributed by atoms with Crippen LogP contribution in [0.25, 0.3) is 0 Å². The molecule has 7 heteroatoms. The molecular formula is C23H28N2O5. The van der Waals surface area contributed by atoms with E-state index in [4.69, 9.17) is 18.9 Å². The highest BCUT2D eigenvalue weighted by Crippen LogP contribution is 2.34. The molecule has 0 bridgehead atoms. The molecule has 0 aliphatic carbocycles. The first-order valence-corrected chi connectivity index (χ1v) is 10.3. The van der Waals surface area contributed by atoms with Crippen molar-refractivity contribution in [2.24, 2.45) is 0 Å². The van der Waals surface area contributed by atoms with Gasteiger partial charge in [-0.25, -0.2) is 0 Å². The van der Waals surface area contributed by atoms with Crippen LogP contribution in [0.5, 0.6) is 11.5 Å². The molecule has 1 amide bonds. The van der Waals surface area contributed by atoms with E-state index in [2.05, 4.69) is 10.2 Å². The molecule has 4 rings (SSSR count). The molecule has 2 aliphatic heterocycles. The lowest BCUT2D eigenvalue weighted by Gasteiger charge is -2.26. The average Bonchev–Trinajstić information content (AvgIpc) is 2.97. The third-order valence-corrected chi connectivity index (χ3v) is 5.32. The minimum absolute atomic E-state index is 0.0395. The number of para-hydroxylation sites is 2. The molecule has 1 fully saturated rings. The summed E-state index contributed by atoms with van der Waals surface area (Å²) in [5.74, 6) is 1.58. The number of amides is 1. The fraction of sp³-hybridized carbons (Fsp3) is 0.435. The second-order valence-electron chi connectivity index (χ2n) is 7.50. The number of nitrogens with one attached hydrogen (secondary N) is 1. The van der Waals surface area contributed by atoms with Crippen molar-refractivity contribution in [1.29, 1.82) is 0 Å². The number of benzene rings is 2. The minimum Gasteiger partial charge on any atom is -0.496 e. The number of nitrogens with zero attached hydrogens (tertiary/aromatic N) is 1. The van der Waals surface area contributed by atoms with Gasteiger partial charge >= 0.3 is 0 Å². The fourth-order valence-electron chi connectivity index (χ4n) is 3.84. The SMILES string of the molecule is COc1ccccc1C1CN(CC(=O)NCC2COCCO2)Cc2ccccc2O1. The number of hydrogen-bond donors (Lipinski definition) is 1. The number of methoxy groups -OCH3 is 1. The molecule has 2 aromatic carbocycles. The van der Waals surface area contributed by atoms with Crippen LogP contribution in [0, 0.1) is 0 Å². The minimum atomic E-state index is -0.243. The normalized spacial score (nSPS) is 21.8. The lowest BCUT2D eigenvalue weighted by molar-refractivity contribution is -0.125. The molecule has 2 heterocycles. The zero-order valence-electron chi connectivity index (χ0n) is 17.2. The standard InChI is InChI=1S/C23H28N2O5/c1-27-21-9-5-3-7-19(21)22-14-25(13-17-6-2-4-8-20(17)30-22)15-23(26)24-12-18-16-28-10-11-29-18/h2-9,18,22H,10-16H2,1H3,(H,24,26). The smallest absolute Gasteiger partial charge is 0.234 e. The van der Waals surface area contributed by atoms with E-state index in [1.54, 1.807) is 7.11 Å². The summed E-state index contributed by atoms with van der Waals surface area (Å²) < 4.78 is 22.9. The second kappa shape index (κ2) is 9.93. The van der Waals surface area contributed by atoms with Crippen LogP contribution in [-0.4, -0.2) is 63.5 Å². The molecule has 2 aromatic rings. The quantitative estimate of drug-likeness (QED) is 0.784. The van der Waals surface area contributed by atoms with Crippen molar-refractivity contribution in [2.45, 2.75) is 18.8 Å². The van der Waals surface area contributed by atoms with E-state index in [-0.39, 0.29) is 24.7 Å². The van der Waals surface area contributed by atoms with Gasteiger partial charge in [-0.05, 0) is 12.1 Å². The van der Waals surface area contributed by atoms with Crippen LogP contribution in [-0.2, 0) is 20.8 Å². The van der Waals surface area contributed by atoms with Gasteiger partial charge in [0.2, 0.25) is 5.91 Å². The average molecular weight is 412 g/mol. The van der Waals surface area contributed by atoms with E-state index in [1.807, 2.05) is 48.5 Å². The Morgan fingerprint density at radius 2 is 2.00 bits per heavy atom. The van der Waals surface area contributed by atoms with Gasteiger partial charge in [-0.2, -0.15) is 0 Å². The maximum atomic E-state index is 12.6. The van der Waals surface area contributed by atoms with Gasteiger partial charge in [0, 0.05) is 30.8 Å². The molecule has 0 radical (unpaired) electrons. The molecule has 2 atom stereocenters. The van der Waals surface area contributed by atoms with Gasteiger partial charge in [0.25, 0.3) is 0 Å². The summed E-state index contributed by atoms with van der Waals surface area (Å²) in [6, 6.07) is 15.8. The highest BCUT2D eigenvalue weighted by atomic mass is 16.6. The number of carbonyl (C=O) groups is 1. The number of carbonyl (C=O) groups excluding carboxylic acids is 1. The Labute approximate surface area is 176 Å². The van der Waals surface area contributed by atoms with E-state index in [0.717, 1.165) is 22.6 Å². The van der Waals surface area contributed by atoms with Gasteiger partial charge < -0.3 is 24.3 Å². The number of rotatable bonds is 6. The zero-order chi connectivity index (χ0) is 20.8. The van der Waals surface area contributed by atoms with Crippen LogP contribution in [0.15, 0.2) is 48.5 Å². The number of hydrogen-bond acceptors (Lipinski definition) is 6. The summed E-state index contributed by atoms with van der Waals surface area (Å²) in [5.41, 5.74) is 2.03. The van der Waals surface area contributed by atoms with Crippen molar-refractivity contribution in [3.8, 4) is 11.5 Å². The molecular weight excluding hydrogens is 384 g/mol. The second-order valence-corrected chi connectivity index (χ2v) is 7.50. The third-order valence-electron chi connectivity index (χ3n) is 5.32. The Morgan fingerprint density at radius 3 is 2.83 bits per heavy atom. The molecule has 0 spiro atoms. The van der Waals surface area contributed by atoms with Crippen LogP contribution in [0.1, 0.15) is 17.2 Å². The highest BCUT2D eigenvalue weighted by Gasteiger charge is 2.27. The van der Waals surface area contributed by atoms with Crippen molar-refractivity contribution >= 4 is 5.91 Å². The summed E-state index contributed by atoms with van der Waals surface area (Å²) in [5, 5.41) is 2.97. The first-order valence-electron chi connectivity index (χ1n) is 10.3. The monoisotopic (exact) mass is 412 g/mol. The van der Waals surface area contributed by atoms with Crippen LogP contribution in [0.2, 0.25) is 0 Å². The summed E-state index contributed by atoms with van der Waals surface area (Å²) in [6.07, 6.45) is -0.329. The van der Waals surface area contributed by atoms with E-state index < -0.39 is 0 Å². The predicted molar refractivity (Wildman–Crippen MR) is 112 cm³/mol. The van der Waals surface area contributed by atoms with E-state index >= 15 is 0 Å². The lowest BCUT2D eigenvalue weighted by atomic mass is 10.1. The zero-order valence-corrected chi connectivity index (χ0v) is 17.2. The first-order chi connectivity index (χ1) is 14.7. The molecule has 1 N–H and O–H groups in total. The number of fused-ring (bicyclic) bond motifs is 1. The number of ether oxygens (including phenoxy) is 4. The van der Waals surface area contributed by atoms with E-state index in [0.29, 0.717) is 39.5 Å². The Hall–Kier alpha value is -2.61. The van der Waals surface area contributed by atoms with E-state index in [1.165, 1.54) is 0 Å². The highest BCUT2D eigenvalue weighted by molar-refractivity contribution is 5.78. The largest absolute Gasteiger partial charge is 0.496 e. The van der Waals surface area contributed by atoms with Crippen LogP contribution >= 0.6 is 0 Å². The molecule has 1 saturated heterocycles. The summed E-state index contributed by atoms with van der Waals surface area (Å²) in [4.78, 5) is 14.7. The molecule has 30 heavy (non-hydrogen) atoms. The first kappa shape index (κ1) is 20.7. The van der Waals surface area contributed by atoms with Crippen LogP contribution in [0.4, 0.5) is 0 Å². The third kappa shape index (κ3) is 5.11. The lowest BCUT2D eigenvalue weighted by Crippen LogP contribution is -2.44. The van der Waals surface area contributed by atoms with Gasteiger partial charge in [0.15, 0.2) is 0 Å².